The third-order valence-corrected chi connectivity index (χ3v) is 7.23. The van der Waals surface area contributed by atoms with E-state index >= 15 is 0 Å². The predicted molar refractivity (Wildman–Crippen MR) is 73.0 cm³/mol. The van der Waals surface area contributed by atoms with Gasteiger partial charge in [0.25, 0.3) is 5.91 Å². The molecule has 0 unspecified atom stereocenters. The largest absolute Gasteiger partial charge is 0.548 e. The number of nitrogens with zero attached hydrogens (tertiary/aromatic N) is 4. The smallest absolute Gasteiger partial charge is 0.261 e. The zero-order valence-corrected chi connectivity index (χ0v) is 13.5. The first-order chi connectivity index (χ1) is 11.1. The molecule has 0 bridgehead atoms. The SMILES string of the molecule is C[C@]1(Cn2cc[n+](CC(N)=O)n2)[C@H](C(=O)[O-])N2C(=O)C[C@H]2S1(=O)=O. The quantitative estimate of drug-likeness (QED) is 0.411. The molecular formula is C12H15N5O6S. The molecule has 24 heavy (non-hydrogen) atoms. The number of aromatic nitrogens is 3. The van der Waals surface area contributed by atoms with E-state index in [1.807, 2.05) is 0 Å². The molecule has 3 rings (SSSR count). The molecule has 3 heterocycles. The van der Waals surface area contributed by atoms with Crippen LogP contribution in [0.4, 0.5) is 0 Å². The van der Waals surface area contributed by atoms with Crippen molar-refractivity contribution in [3.63, 3.8) is 0 Å². The Hall–Kier alpha value is -2.50. The minimum absolute atomic E-state index is 0.201. The highest BCUT2D eigenvalue weighted by atomic mass is 32.2. The van der Waals surface area contributed by atoms with Gasteiger partial charge in [-0.05, 0) is 6.92 Å². The summed E-state index contributed by atoms with van der Waals surface area (Å²) in [5.41, 5.74) is 5.05. The van der Waals surface area contributed by atoms with Crippen molar-refractivity contribution in [1.29, 1.82) is 0 Å². The lowest BCUT2D eigenvalue weighted by atomic mass is 9.96. The Morgan fingerprint density at radius 2 is 2.21 bits per heavy atom. The van der Waals surface area contributed by atoms with Gasteiger partial charge in [-0.25, -0.2) is 8.42 Å². The van der Waals surface area contributed by atoms with Crippen molar-refractivity contribution in [3.8, 4) is 0 Å². The molecule has 2 fully saturated rings. The summed E-state index contributed by atoms with van der Waals surface area (Å²) in [6.45, 7) is 0.752. The van der Waals surface area contributed by atoms with Gasteiger partial charge in [-0.3, -0.25) is 9.59 Å². The lowest BCUT2D eigenvalue weighted by Gasteiger charge is -2.38. The lowest BCUT2D eigenvalue weighted by molar-refractivity contribution is -0.743. The van der Waals surface area contributed by atoms with Gasteiger partial charge < -0.3 is 20.5 Å². The van der Waals surface area contributed by atoms with E-state index in [-0.39, 0.29) is 19.5 Å². The highest BCUT2D eigenvalue weighted by Crippen LogP contribution is 2.46. The monoisotopic (exact) mass is 357 g/mol. The molecule has 2 aliphatic rings. The number of hydrogen-bond donors (Lipinski definition) is 1. The van der Waals surface area contributed by atoms with E-state index in [1.165, 1.54) is 28.7 Å². The maximum atomic E-state index is 12.7. The molecule has 0 spiro atoms. The van der Waals surface area contributed by atoms with Crippen molar-refractivity contribution in [3.05, 3.63) is 12.4 Å². The fraction of sp³-hybridized carbons (Fsp3) is 0.583. The van der Waals surface area contributed by atoms with Gasteiger partial charge in [0.15, 0.2) is 28.8 Å². The molecule has 2 saturated heterocycles. The number of nitrogens with two attached hydrogens (primary N) is 1. The van der Waals surface area contributed by atoms with Gasteiger partial charge in [-0.2, -0.15) is 0 Å². The highest BCUT2D eigenvalue weighted by Gasteiger charge is 2.68. The fourth-order valence-electron chi connectivity index (χ4n) is 3.28. The van der Waals surface area contributed by atoms with Crippen molar-refractivity contribution >= 4 is 27.6 Å². The Morgan fingerprint density at radius 1 is 1.54 bits per heavy atom. The molecule has 3 atom stereocenters. The molecule has 2 N–H and O–H groups in total. The van der Waals surface area contributed by atoms with Gasteiger partial charge in [-0.15, -0.1) is 9.36 Å². The van der Waals surface area contributed by atoms with Gasteiger partial charge in [0, 0.05) is 0 Å². The third-order valence-electron chi connectivity index (χ3n) is 4.47. The summed E-state index contributed by atoms with van der Waals surface area (Å²) in [7, 11) is -3.94. The molecule has 12 heteroatoms. The van der Waals surface area contributed by atoms with Crippen molar-refractivity contribution in [1.82, 2.24) is 14.8 Å². The number of carbonyl (C=O) groups excluding carboxylic acids is 3. The van der Waals surface area contributed by atoms with E-state index in [1.54, 1.807) is 0 Å². The summed E-state index contributed by atoms with van der Waals surface area (Å²) < 4.78 is 26.0. The van der Waals surface area contributed by atoms with Gasteiger partial charge in [0.2, 0.25) is 5.91 Å². The summed E-state index contributed by atoms with van der Waals surface area (Å²) in [5, 5.41) is 14.3. The number of fused-ring (bicyclic) bond motifs is 1. The van der Waals surface area contributed by atoms with Gasteiger partial charge in [0.1, 0.15) is 16.7 Å². The average molecular weight is 357 g/mol. The zero-order chi connectivity index (χ0) is 17.9. The second kappa shape index (κ2) is 5.00. The van der Waals surface area contributed by atoms with Crippen LogP contribution in [0.5, 0.6) is 0 Å². The standard InChI is InChI=1S/C12H15N5O6S/c1-12(6-16-3-2-15(14-16)5-7(13)18)10(11(20)21)17-8(19)4-9(17)24(12,22)23/h2-3,9-10H,4-6H2,1H3,(H2-,13,18,20,21)/t9-,10+,12+/m1/s1. The zero-order valence-electron chi connectivity index (χ0n) is 12.7. The number of β-lactam (4-membered cyclic amide) rings is 1. The van der Waals surface area contributed by atoms with Crippen LogP contribution in [-0.4, -0.2) is 57.2 Å². The predicted octanol–water partition coefficient (Wildman–Crippen LogP) is -4.48. The molecule has 2 amide bonds. The Balaban J connectivity index is 1.97. The maximum Gasteiger partial charge on any atom is 0.261 e. The van der Waals surface area contributed by atoms with Crippen LogP contribution >= 0.6 is 0 Å². The molecule has 1 aromatic rings. The van der Waals surface area contributed by atoms with Crippen LogP contribution in [0.3, 0.4) is 0 Å². The molecule has 11 nitrogen and oxygen atoms in total. The first-order valence-corrected chi connectivity index (χ1v) is 8.59. The molecular weight excluding hydrogens is 342 g/mol. The number of amides is 2. The molecule has 130 valence electrons. The first-order valence-electron chi connectivity index (χ1n) is 7.05. The normalized spacial score (nSPS) is 30.7. The van der Waals surface area contributed by atoms with Crippen molar-refractivity contribution in [2.75, 3.05) is 0 Å². The third kappa shape index (κ3) is 2.09. The lowest BCUT2D eigenvalue weighted by Crippen LogP contribution is -2.61. The number of hydrogen-bond acceptors (Lipinski definition) is 7. The van der Waals surface area contributed by atoms with Gasteiger partial charge in [-0.1, -0.05) is 0 Å². The molecule has 0 radical (unpaired) electrons. The van der Waals surface area contributed by atoms with Crippen LogP contribution in [0.1, 0.15) is 13.3 Å². The molecule has 0 aromatic carbocycles. The Bertz CT molecular complexity index is 848. The molecule has 0 aliphatic carbocycles. The van der Waals surface area contributed by atoms with Crippen LogP contribution in [-0.2, 0) is 37.3 Å². The van der Waals surface area contributed by atoms with Crippen LogP contribution in [0, 0.1) is 0 Å². The van der Waals surface area contributed by atoms with Crippen LogP contribution < -0.4 is 15.5 Å². The van der Waals surface area contributed by atoms with Gasteiger partial charge in [0.05, 0.1) is 23.6 Å². The average Bonchev–Trinajstić information content (AvgIpc) is 2.91. The fourth-order valence-corrected chi connectivity index (χ4v) is 5.64. The topological polar surface area (TPSA) is 159 Å². The minimum Gasteiger partial charge on any atom is -0.548 e. The molecule has 1 aromatic heterocycles. The van der Waals surface area contributed by atoms with E-state index < -0.39 is 43.8 Å². The molecule has 2 aliphatic heterocycles. The van der Waals surface area contributed by atoms with Crippen LogP contribution in [0.15, 0.2) is 12.4 Å². The van der Waals surface area contributed by atoms with Crippen molar-refractivity contribution in [2.45, 2.75) is 42.6 Å². The summed E-state index contributed by atoms with van der Waals surface area (Å²) in [5.74, 6) is -2.80. The van der Waals surface area contributed by atoms with E-state index in [2.05, 4.69) is 5.21 Å². The van der Waals surface area contributed by atoms with Gasteiger partial charge >= 0.3 is 0 Å². The Kier molecular flexibility index (Phi) is 3.41. The van der Waals surface area contributed by atoms with E-state index in [9.17, 15) is 27.9 Å². The first kappa shape index (κ1) is 16.4. The summed E-state index contributed by atoms with van der Waals surface area (Å²) in [4.78, 5) is 34.9. The highest BCUT2D eigenvalue weighted by molar-refractivity contribution is 7.93. The Labute approximate surface area is 136 Å². The van der Waals surface area contributed by atoms with Crippen molar-refractivity contribution < 1.29 is 32.6 Å². The van der Waals surface area contributed by atoms with E-state index in [0.29, 0.717) is 0 Å². The number of carboxylic acid groups (broad SMARTS) is 1. The number of carbonyl (C=O) groups is 3. The van der Waals surface area contributed by atoms with Crippen molar-refractivity contribution in [2.24, 2.45) is 5.73 Å². The number of carboxylic acids is 1. The van der Waals surface area contributed by atoms with E-state index in [4.69, 9.17) is 5.73 Å². The van der Waals surface area contributed by atoms with Crippen LogP contribution in [0.25, 0.3) is 0 Å². The number of primary amides is 1. The number of rotatable bonds is 5. The minimum atomic E-state index is -3.94. The number of sulfone groups is 1. The maximum absolute atomic E-state index is 12.7. The summed E-state index contributed by atoms with van der Waals surface area (Å²) in [6.07, 6.45) is 2.57. The summed E-state index contributed by atoms with van der Waals surface area (Å²) in [6, 6.07) is -1.59. The van der Waals surface area contributed by atoms with E-state index in [0.717, 1.165) is 4.90 Å². The van der Waals surface area contributed by atoms with Crippen LogP contribution in [0.2, 0.25) is 0 Å². The number of aliphatic carboxylic acids is 1. The Morgan fingerprint density at radius 3 is 2.75 bits per heavy atom. The second-order valence-electron chi connectivity index (χ2n) is 6.09. The second-order valence-corrected chi connectivity index (χ2v) is 8.65. The molecule has 0 saturated carbocycles. The summed E-state index contributed by atoms with van der Waals surface area (Å²) >= 11 is 0.